The Balaban J connectivity index is 1.61. The zero-order valence-electron chi connectivity index (χ0n) is 17.5. The third-order valence-corrected chi connectivity index (χ3v) is 6.76. The first-order valence-corrected chi connectivity index (χ1v) is 12.2. The number of amides is 1. The molecule has 1 heterocycles. The number of piperidine rings is 1. The molecular formula is C23H29FN2O3S. The highest BCUT2D eigenvalue weighted by atomic mass is 32.2. The second-order valence-corrected chi connectivity index (χ2v) is 10.0. The van der Waals surface area contributed by atoms with Crippen molar-refractivity contribution in [1.82, 2.24) is 10.2 Å². The Hall–Kier alpha value is -2.25. The maximum atomic E-state index is 13.1. The SMILES string of the molecule is CC[C@@H](NC(=O)[C@H]1CCCN(Cc2ccc(F)cc2)C1)c1ccc(S(C)(=O)=O)cc1. The van der Waals surface area contributed by atoms with Crippen molar-refractivity contribution in [3.63, 3.8) is 0 Å². The van der Waals surface area contributed by atoms with Gasteiger partial charge in [-0.05, 0) is 61.2 Å². The molecule has 1 fully saturated rings. The van der Waals surface area contributed by atoms with Gasteiger partial charge in [-0.2, -0.15) is 0 Å². The van der Waals surface area contributed by atoms with Crippen molar-refractivity contribution in [3.8, 4) is 0 Å². The maximum absolute atomic E-state index is 13.1. The van der Waals surface area contributed by atoms with Crippen LogP contribution < -0.4 is 5.32 Å². The Morgan fingerprint density at radius 2 is 1.83 bits per heavy atom. The number of hydrogen-bond donors (Lipinski definition) is 1. The quantitative estimate of drug-likeness (QED) is 0.724. The van der Waals surface area contributed by atoms with Crippen LogP contribution in [0, 0.1) is 11.7 Å². The van der Waals surface area contributed by atoms with E-state index >= 15 is 0 Å². The number of halogens is 1. The summed E-state index contributed by atoms with van der Waals surface area (Å²) in [6, 6.07) is 13.1. The molecule has 2 atom stereocenters. The fourth-order valence-electron chi connectivity index (χ4n) is 3.92. The number of benzene rings is 2. The summed E-state index contributed by atoms with van der Waals surface area (Å²) in [6.07, 6.45) is 3.69. The largest absolute Gasteiger partial charge is 0.349 e. The molecule has 3 rings (SSSR count). The van der Waals surface area contributed by atoms with Gasteiger partial charge in [0.05, 0.1) is 16.9 Å². The molecule has 7 heteroatoms. The van der Waals surface area contributed by atoms with Gasteiger partial charge in [0.25, 0.3) is 0 Å². The Morgan fingerprint density at radius 3 is 2.43 bits per heavy atom. The molecule has 1 amide bonds. The van der Waals surface area contributed by atoms with E-state index in [9.17, 15) is 17.6 Å². The van der Waals surface area contributed by atoms with Crippen molar-refractivity contribution < 1.29 is 17.6 Å². The van der Waals surface area contributed by atoms with Gasteiger partial charge in [-0.15, -0.1) is 0 Å². The van der Waals surface area contributed by atoms with Crippen molar-refractivity contribution in [3.05, 3.63) is 65.5 Å². The lowest BCUT2D eigenvalue weighted by Gasteiger charge is -2.33. The fourth-order valence-corrected chi connectivity index (χ4v) is 4.55. The molecule has 0 spiro atoms. The molecule has 2 aromatic carbocycles. The fraction of sp³-hybridized carbons (Fsp3) is 0.435. The van der Waals surface area contributed by atoms with Crippen LogP contribution in [-0.4, -0.2) is 38.6 Å². The van der Waals surface area contributed by atoms with Crippen molar-refractivity contribution >= 4 is 15.7 Å². The van der Waals surface area contributed by atoms with E-state index in [0.717, 1.165) is 36.9 Å². The predicted octanol–water partition coefficient (Wildman–Crippen LogP) is 3.71. The van der Waals surface area contributed by atoms with Gasteiger partial charge >= 0.3 is 0 Å². The van der Waals surface area contributed by atoms with E-state index in [4.69, 9.17) is 0 Å². The minimum Gasteiger partial charge on any atom is -0.349 e. The van der Waals surface area contributed by atoms with Gasteiger partial charge in [-0.3, -0.25) is 9.69 Å². The Kier molecular flexibility index (Phi) is 7.26. The number of nitrogens with zero attached hydrogens (tertiary/aromatic N) is 1. The molecule has 0 bridgehead atoms. The average molecular weight is 433 g/mol. The monoisotopic (exact) mass is 432 g/mol. The zero-order chi connectivity index (χ0) is 21.7. The van der Waals surface area contributed by atoms with Crippen LogP contribution in [0.25, 0.3) is 0 Å². The molecule has 162 valence electrons. The molecule has 1 saturated heterocycles. The average Bonchev–Trinajstić information content (AvgIpc) is 2.73. The second-order valence-electron chi connectivity index (χ2n) is 8.01. The smallest absolute Gasteiger partial charge is 0.224 e. The summed E-state index contributed by atoms with van der Waals surface area (Å²) in [5, 5.41) is 3.14. The van der Waals surface area contributed by atoms with Crippen LogP contribution in [0.5, 0.6) is 0 Å². The summed E-state index contributed by atoms with van der Waals surface area (Å²) >= 11 is 0. The molecule has 0 aliphatic carbocycles. The van der Waals surface area contributed by atoms with E-state index in [2.05, 4.69) is 10.2 Å². The number of sulfone groups is 1. The minimum atomic E-state index is -3.24. The summed E-state index contributed by atoms with van der Waals surface area (Å²) in [5.41, 5.74) is 1.94. The first-order chi connectivity index (χ1) is 14.3. The van der Waals surface area contributed by atoms with Crippen LogP contribution in [0.1, 0.15) is 43.4 Å². The number of carbonyl (C=O) groups excluding carboxylic acids is 1. The van der Waals surface area contributed by atoms with Gasteiger partial charge in [-0.1, -0.05) is 31.2 Å². The molecule has 0 saturated carbocycles. The van der Waals surface area contributed by atoms with Crippen molar-refractivity contribution in [1.29, 1.82) is 0 Å². The number of likely N-dealkylation sites (tertiary alicyclic amines) is 1. The Labute approximate surface area is 178 Å². The summed E-state index contributed by atoms with van der Waals surface area (Å²) in [7, 11) is -3.24. The van der Waals surface area contributed by atoms with Gasteiger partial charge < -0.3 is 5.32 Å². The molecule has 0 radical (unpaired) electrons. The molecule has 0 aromatic heterocycles. The van der Waals surface area contributed by atoms with Crippen molar-refractivity contribution in [2.75, 3.05) is 19.3 Å². The maximum Gasteiger partial charge on any atom is 0.224 e. The normalized spacial score (nSPS) is 18.7. The molecule has 5 nitrogen and oxygen atoms in total. The van der Waals surface area contributed by atoms with Gasteiger partial charge in [0.2, 0.25) is 5.91 Å². The lowest BCUT2D eigenvalue weighted by molar-refractivity contribution is -0.127. The molecule has 2 aromatic rings. The first-order valence-electron chi connectivity index (χ1n) is 10.3. The van der Waals surface area contributed by atoms with Crippen LogP contribution in [0.3, 0.4) is 0 Å². The van der Waals surface area contributed by atoms with E-state index < -0.39 is 9.84 Å². The zero-order valence-corrected chi connectivity index (χ0v) is 18.3. The minimum absolute atomic E-state index is 0.0258. The molecular weight excluding hydrogens is 403 g/mol. The van der Waals surface area contributed by atoms with Crippen LogP contribution in [0.15, 0.2) is 53.4 Å². The van der Waals surface area contributed by atoms with Crippen molar-refractivity contribution in [2.24, 2.45) is 5.92 Å². The van der Waals surface area contributed by atoms with Gasteiger partial charge in [0.15, 0.2) is 9.84 Å². The summed E-state index contributed by atoms with van der Waals surface area (Å²) in [4.78, 5) is 15.4. The van der Waals surface area contributed by atoms with E-state index in [1.54, 1.807) is 36.4 Å². The summed E-state index contributed by atoms with van der Waals surface area (Å²) in [5.74, 6) is -0.314. The Morgan fingerprint density at radius 1 is 1.17 bits per heavy atom. The number of carbonyl (C=O) groups is 1. The third kappa shape index (κ3) is 5.89. The van der Waals surface area contributed by atoms with E-state index in [0.29, 0.717) is 13.1 Å². The number of rotatable bonds is 7. The first kappa shape index (κ1) is 22.4. The van der Waals surface area contributed by atoms with Gasteiger partial charge in [0.1, 0.15) is 5.82 Å². The van der Waals surface area contributed by atoms with Crippen LogP contribution in [0.2, 0.25) is 0 Å². The van der Waals surface area contributed by atoms with Gasteiger partial charge in [0, 0.05) is 19.3 Å². The summed E-state index contributed by atoms with van der Waals surface area (Å²) < 4.78 is 36.4. The topological polar surface area (TPSA) is 66.5 Å². The van der Waals surface area contributed by atoms with Gasteiger partial charge in [-0.25, -0.2) is 12.8 Å². The highest BCUT2D eigenvalue weighted by molar-refractivity contribution is 7.90. The molecule has 1 aliphatic heterocycles. The molecule has 0 unspecified atom stereocenters. The Bertz CT molecular complexity index is 959. The van der Waals surface area contributed by atoms with E-state index in [-0.39, 0.29) is 28.6 Å². The van der Waals surface area contributed by atoms with Crippen molar-refractivity contribution in [2.45, 2.75) is 43.7 Å². The van der Waals surface area contributed by atoms with E-state index in [1.807, 2.05) is 6.92 Å². The van der Waals surface area contributed by atoms with Crippen LogP contribution in [0.4, 0.5) is 4.39 Å². The lowest BCUT2D eigenvalue weighted by Crippen LogP contribution is -2.43. The van der Waals surface area contributed by atoms with E-state index in [1.165, 1.54) is 18.4 Å². The van der Waals surface area contributed by atoms with Crippen LogP contribution >= 0.6 is 0 Å². The second kappa shape index (κ2) is 9.71. The lowest BCUT2D eigenvalue weighted by atomic mass is 9.95. The molecule has 1 aliphatic rings. The third-order valence-electron chi connectivity index (χ3n) is 5.63. The number of hydrogen-bond acceptors (Lipinski definition) is 4. The molecule has 1 N–H and O–H groups in total. The number of nitrogens with one attached hydrogen (secondary N) is 1. The highest BCUT2D eigenvalue weighted by Gasteiger charge is 2.27. The van der Waals surface area contributed by atoms with Crippen LogP contribution in [-0.2, 0) is 21.2 Å². The summed E-state index contributed by atoms with van der Waals surface area (Å²) in [6.45, 7) is 4.29. The predicted molar refractivity (Wildman–Crippen MR) is 115 cm³/mol. The molecule has 30 heavy (non-hydrogen) atoms. The standard InChI is InChI=1S/C23H29FN2O3S/c1-3-22(18-8-12-21(13-9-18)30(2,28)29)25-23(27)19-5-4-14-26(16-19)15-17-6-10-20(24)11-7-17/h6-13,19,22H,3-5,14-16H2,1-2H3,(H,25,27)/t19-,22+/m0/s1. The highest BCUT2D eigenvalue weighted by Crippen LogP contribution is 2.23.